The van der Waals surface area contributed by atoms with Crippen LogP contribution in [-0.2, 0) is 17.8 Å². The molecule has 0 radical (unpaired) electrons. The van der Waals surface area contributed by atoms with E-state index in [0.29, 0.717) is 18.2 Å². The van der Waals surface area contributed by atoms with Gasteiger partial charge in [-0.05, 0) is 40.6 Å². The van der Waals surface area contributed by atoms with E-state index in [0.717, 1.165) is 33.2 Å². The molecule has 1 heterocycles. The summed E-state index contributed by atoms with van der Waals surface area (Å²) in [6.07, 6.45) is 1.95. The molecule has 0 spiro atoms. The van der Waals surface area contributed by atoms with Crippen molar-refractivity contribution in [2.24, 2.45) is 0 Å². The number of anilines is 1. The van der Waals surface area contributed by atoms with Gasteiger partial charge in [-0.2, -0.15) is 0 Å². The molecule has 4 nitrogen and oxygen atoms in total. The van der Waals surface area contributed by atoms with E-state index < -0.39 is 0 Å². The van der Waals surface area contributed by atoms with Gasteiger partial charge in [-0.25, -0.2) is 9.97 Å². The molecule has 1 aromatic carbocycles. The highest BCUT2D eigenvalue weighted by atomic mass is 127. The number of aromatic nitrogens is 2. The van der Waals surface area contributed by atoms with Crippen LogP contribution in [-0.4, -0.2) is 17.1 Å². The van der Waals surface area contributed by atoms with Gasteiger partial charge in [0.05, 0.1) is 15.9 Å². The highest BCUT2D eigenvalue weighted by molar-refractivity contribution is 14.1. The van der Waals surface area contributed by atoms with Gasteiger partial charge in [0, 0.05) is 12.7 Å². The molecule has 0 aliphatic heterocycles. The first-order valence-corrected chi connectivity index (χ1v) is 7.63. The molecule has 20 heavy (non-hydrogen) atoms. The maximum Gasteiger partial charge on any atom is 0.161 e. The van der Waals surface area contributed by atoms with E-state index in [1.807, 2.05) is 24.3 Å². The number of ether oxygens (including phenoxy) is 1. The Kier molecular flexibility index (Phi) is 5.31. The Balaban J connectivity index is 2.44. The number of halogens is 1. The SMILES string of the molecule is CCCc1nc(-c2cccc(COC)c2)nc(N)c1I. The molecule has 0 bridgehead atoms. The normalized spacial score (nSPS) is 10.8. The maximum atomic E-state index is 6.00. The zero-order valence-corrected chi connectivity index (χ0v) is 13.8. The number of rotatable bonds is 5. The molecule has 2 N–H and O–H groups in total. The minimum atomic E-state index is 0.552. The standard InChI is InChI=1S/C15H18IN3O/c1-3-5-12-13(16)14(17)19-15(18-12)11-7-4-6-10(8-11)9-20-2/h4,6-8H,3,5,9H2,1-2H3,(H2,17,18,19). The van der Waals surface area contributed by atoms with Crippen molar-refractivity contribution in [1.29, 1.82) is 0 Å². The lowest BCUT2D eigenvalue weighted by Crippen LogP contribution is -2.05. The molecule has 0 aliphatic rings. The van der Waals surface area contributed by atoms with Gasteiger partial charge in [-0.15, -0.1) is 0 Å². The quantitative estimate of drug-likeness (QED) is 0.804. The largest absolute Gasteiger partial charge is 0.383 e. The van der Waals surface area contributed by atoms with Crippen molar-refractivity contribution in [2.45, 2.75) is 26.4 Å². The highest BCUT2D eigenvalue weighted by Gasteiger charge is 2.11. The Morgan fingerprint density at radius 2 is 2.10 bits per heavy atom. The van der Waals surface area contributed by atoms with Gasteiger partial charge < -0.3 is 10.5 Å². The van der Waals surface area contributed by atoms with Crippen LogP contribution in [0.4, 0.5) is 5.82 Å². The molecule has 0 saturated carbocycles. The van der Waals surface area contributed by atoms with Gasteiger partial charge in [0.15, 0.2) is 5.82 Å². The van der Waals surface area contributed by atoms with Gasteiger partial charge >= 0.3 is 0 Å². The Labute approximate surface area is 132 Å². The van der Waals surface area contributed by atoms with Crippen LogP contribution < -0.4 is 5.73 Å². The Bertz CT molecular complexity index is 602. The summed E-state index contributed by atoms with van der Waals surface area (Å²) in [4.78, 5) is 9.06. The number of benzene rings is 1. The fourth-order valence-electron chi connectivity index (χ4n) is 2.01. The Morgan fingerprint density at radius 1 is 1.30 bits per heavy atom. The fraction of sp³-hybridized carbons (Fsp3) is 0.333. The van der Waals surface area contributed by atoms with E-state index in [4.69, 9.17) is 10.5 Å². The van der Waals surface area contributed by atoms with Crippen LogP contribution in [0.2, 0.25) is 0 Å². The maximum absolute atomic E-state index is 6.00. The smallest absolute Gasteiger partial charge is 0.161 e. The summed E-state index contributed by atoms with van der Waals surface area (Å²) in [6.45, 7) is 2.71. The van der Waals surface area contributed by atoms with E-state index in [9.17, 15) is 0 Å². The lowest BCUT2D eigenvalue weighted by atomic mass is 10.1. The van der Waals surface area contributed by atoms with Crippen LogP contribution in [0, 0.1) is 3.57 Å². The summed E-state index contributed by atoms with van der Waals surface area (Å²) in [7, 11) is 1.69. The first kappa shape index (κ1) is 15.2. The Morgan fingerprint density at radius 3 is 2.80 bits per heavy atom. The third-order valence-corrected chi connectivity index (χ3v) is 4.10. The van der Waals surface area contributed by atoms with Crippen LogP contribution >= 0.6 is 22.6 Å². The van der Waals surface area contributed by atoms with Crippen LogP contribution in [0.25, 0.3) is 11.4 Å². The summed E-state index contributed by atoms with van der Waals surface area (Å²) in [5.41, 5.74) is 9.10. The molecule has 1 aromatic heterocycles. The molecule has 106 valence electrons. The number of nitrogen functional groups attached to an aromatic ring is 1. The van der Waals surface area contributed by atoms with Crippen LogP contribution in [0.1, 0.15) is 24.6 Å². The molecule has 0 atom stereocenters. The number of aryl methyl sites for hydroxylation is 1. The number of hydrogen-bond donors (Lipinski definition) is 1. The lowest BCUT2D eigenvalue weighted by molar-refractivity contribution is 0.185. The summed E-state index contributed by atoms with van der Waals surface area (Å²) >= 11 is 2.21. The number of hydrogen-bond acceptors (Lipinski definition) is 4. The second-order valence-corrected chi connectivity index (χ2v) is 5.66. The predicted molar refractivity (Wildman–Crippen MR) is 89.3 cm³/mol. The number of nitrogens with zero attached hydrogens (tertiary/aromatic N) is 2. The van der Waals surface area contributed by atoms with E-state index in [-0.39, 0.29) is 0 Å². The molecule has 2 aromatic rings. The third-order valence-electron chi connectivity index (χ3n) is 2.93. The van der Waals surface area contributed by atoms with Crippen LogP contribution in [0.15, 0.2) is 24.3 Å². The lowest BCUT2D eigenvalue weighted by Gasteiger charge is -2.09. The predicted octanol–water partition coefficient (Wildman–Crippen LogP) is 3.43. The molecule has 5 heteroatoms. The van der Waals surface area contributed by atoms with Crippen molar-refractivity contribution >= 4 is 28.4 Å². The van der Waals surface area contributed by atoms with E-state index in [1.54, 1.807) is 7.11 Å². The molecule has 2 rings (SSSR count). The third kappa shape index (κ3) is 3.46. The summed E-state index contributed by atoms with van der Waals surface area (Å²) in [6, 6.07) is 8.05. The molecule has 0 unspecified atom stereocenters. The number of nitrogens with two attached hydrogens (primary N) is 1. The second kappa shape index (κ2) is 6.99. The van der Waals surface area contributed by atoms with Crippen molar-refractivity contribution in [3.8, 4) is 11.4 Å². The molecule has 0 amide bonds. The Hall–Kier alpha value is -1.21. The molecule has 0 saturated heterocycles. The molecule has 0 fully saturated rings. The van der Waals surface area contributed by atoms with E-state index in [1.165, 1.54) is 0 Å². The monoisotopic (exact) mass is 383 g/mol. The highest BCUT2D eigenvalue weighted by Crippen LogP contribution is 2.23. The average Bonchev–Trinajstić information content (AvgIpc) is 2.44. The van der Waals surface area contributed by atoms with E-state index >= 15 is 0 Å². The van der Waals surface area contributed by atoms with Crippen LogP contribution in [0.3, 0.4) is 0 Å². The van der Waals surface area contributed by atoms with Crippen molar-refractivity contribution in [3.05, 3.63) is 39.1 Å². The van der Waals surface area contributed by atoms with Gasteiger partial charge in [-0.3, -0.25) is 0 Å². The van der Waals surface area contributed by atoms with Crippen molar-refractivity contribution < 1.29 is 4.74 Å². The van der Waals surface area contributed by atoms with Crippen molar-refractivity contribution in [1.82, 2.24) is 9.97 Å². The summed E-state index contributed by atoms with van der Waals surface area (Å²) in [5, 5.41) is 0. The molecule has 0 aliphatic carbocycles. The zero-order chi connectivity index (χ0) is 14.5. The van der Waals surface area contributed by atoms with E-state index in [2.05, 4.69) is 39.5 Å². The zero-order valence-electron chi connectivity index (χ0n) is 11.7. The summed E-state index contributed by atoms with van der Waals surface area (Å²) < 4.78 is 6.12. The average molecular weight is 383 g/mol. The van der Waals surface area contributed by atoms with Crippen molar-refractivity contribution in [2.75, 3.05) is 12.8 Å². The van der Waals surface area contributed by atoms with Gasteiger partial charge in [0.25, 0.3) is 0 Å². The minimum Gasteiger partial charge on any atom is -0.383 e. The molecular formula is C15H18IN3O. The topological polar surface area (TPSA) is 61.0 Å². The second-order valence-electron chi connectivity index (χ2n) is 4.58. The van der Waals surface area contributed by atoms with Crippen molar-refractivity contribution in [3.63, 3.8) is 0 Å². The van der Waals surface area contributed by atoms with Crippen LogP contribution in [0.5, 0.6) is 0 Å². The number of methoxy groups -OCH3 is 1. The van der Waals surface area contributed by atoms with Gasteiger partial charge in [-0.1, -0.05) is 31.5 Å². The van der Waals surface area contributed by atoms with Gasteiger partial charge in [0.2, 0.25) is 0 Å². The molecular weight excluding hydrogens is 365 g/mol. The minimum absolute atomic E-state index is 0.552. The summed E-state index contributed by atoms with van der Waals surface area (Å²) in [5.74, 6) is 1.24. The first-order valence-electron chi connectivity index (χ1n) is 6.55. The first-order chi connectivity index (χ1) is 9.65. The van der Waals surface area contributed by atoms with Gasteiger partial charge in [0.1, 0.15) is 5.82 Å². The fourth-order valence-corrected chi connectivity index (χ4v) is 2.52.